The maximum atomic E-state index is 11.8. The minimum Gasteiger partial charge on any atom is -0.494 e. The highest BCUT2D eigenvalue weighted by Crippen LogP contribution is 2.09. The smallest absolute Gasteiger partial charge is 0.248 e. The van der Waals surface area contributed by atoms with Gasteiger partial charge in [0.05, 0.1) is 19.8 Å². The summed E-state index contributed by atoms with van der Waals surface area (Å²) in [5, 5.41) is 15.1. The number of nitrogens with zero attached hydrogens (tertiary/aromatic N) is 1. The second-order valence-corrected chi connectivity index (χ2v) is 6.99. The predicted octanol–water partition coefficient (Wildman–Crippen LogP) is 0.592. The molecule has 0 aliphatic carbocycles. The van der Waals surface area contributed by atoms with Gasteiger partial charge in [-0.3, -0.25) is 14.4 Å². The third-order valence-electron chi connectivity index (χ3n) is 4.54. The van der Waals surface area contributed by atoms with Crippen LogP contribution in [0.1, 0.15) is 25.7 Å². The van der Waals surface area contributed by atoms with Crippen LogP contribution in [0.3, 0.4) is 0 Å². The first-order chi connectivity index (χ1) is 15.1. The highest BCUT2D eigenvalue weighted by molar-refractivity contribution is 5.90. The fraction of sp³-hybridized carbons (Fsp3) is 0.500. The maximum absolute atomic E-state index is 11.8. The molecule has 0 radical (unpaired) electrons. The molecular formula is C22H31N3O6. The van der Waals surface area contributed by atoms with Crippen LogP contribution in [0.15, 0.2) is 42.5 Å². The van der Waals surface area contributed by atoms with E-state index in [1.165, 1.54) is 17.1 Å². The standard InChI is InChI=1S/C22H31N3O6/c26-19(10-14-25-21(28)8-9-22(25)29)24-13-17-30-16-11-20(27)23-12-4-5-15-31-18-6-2-1-3-7-18/h1-3,6-9,21,28H,4-5,10-17H2,(H,23,27)(H,24,26). The van der Waals surface area contributed by atoms with E-state index in [4.69, 9.17) is 9.47 Å². The van der Waals surface area contributed by atoms with E-state index in [2.05, 4.69) is 10.6 Å². The number of aliphatic hydroxyl groups excluding tert-OH is 1. The Morgan fingerprint density at radius 2 is 1.71 bits per heavy atom. The van der Waals surface area contributed by atoms with Crippen LogP contribution in [0.5, 0.6) is 5.75 Å². The Kier molecular flexibility index (Phi) is 11.1. The molecular weight excluding hydrogens is 402 g/mol. The van der Waals surface area contributed by atoms with Gasteiger partial charge in [0.1, 0.15) is 12.0 Å². The molecule has 0 spiro atoms. The molecule has 1 atom stereocenters. The van der Waals surface area contributed by atoms with Gasteiger partial charge in [-0.25, -0.2) is 0 Å². The molecule has 2 rings (SSSR count). The quantitative estimate of drug-likeness (QED) is 0.349. The summed E-state index contributed by atoms with van der Waals surface area (Å²) in [5.41, 5.74) is 0. The topological polar surface area (TPSA) is 117 Å². The predicted molar refractivity (Wildman–Crippen MR) is 114 cm³/mol. The van der Waals surface area contributed by atoms with Gasteiger partial charge in [-0.05, 0) is 31.1 Å². The van der Waals surface area contributed by atoms with Crippen molar-refractivity contribution in [3.8, 4) is 5.75 Å². The van der Waals surface area contributed by atoms with Crippen molar-refractivity contribution in [3.63, 3.8) is 0 Å². The Balaban J connectivity index is 1.37. The number of rotatable bonds is 15. The second kappa shape index (κ2) is 14.2. The lowest BCUT2D eigenvalue weighted by molar-refractivity contribution is -0.132. The number of carbonyl (C=O) groups excluding carboxylic acids is 3. The third kappa shape index (κ3) is 10.1. The van der Waals surface area contributed by atoms with Gasteiger partial charge >= 0.3 is 0 Å². The molecule has 0 bridgehead atoms. The highest BCUT2D eigenvalue weighted by Gasteiger charge is 2.23. The first-order valence-corrected chi connectivity index (χ1v) is 10.5. The average Bonchev–Trinajstić information content (AvgIpc) is 3.09. The van der Waals surface area contributed by atoms with Crippen molar-refractivity contribution in [2.24, 2.45) is 0 Å². The first-order valence-electron chi connectivity index (χ1n) is 10.5. The molecule has 9 heteroatoms. The van der Waals surface area contributed by atoms with Gasteiger partial charge < -0.3 is 30.1 Å². The lowest BCUT2D eigenvalue weighted by atomic mass is 10.3. The molecule has 1 aromatic carbocycles. The second-order valence-electron chi connectivity index (χ2n) is 6.99. The highest BCUT2D eigenvalue weighted by atomic mass is 16.5. The molecule has 9 nitrogen and oxygen atoms in total. The fourth-order valence-corrected chi connectivity index (χ4v) is 2.83. The molecule has 0 saturated heterocycles. The van der Waals surface area contributed by atoms with Crippen LogP contribution in [0.25, 0.3) is 0 Å². The van der Waals surface area contributed by atoms with E-state index >= 15 is 0 Å². The molecule has 0 fully saturated rings. The van der Waals surface area contributed by atoms with Gasteiger partial charge in [-0.1, -0.05) is 18.2 Å². The number of benzene rings is 1. The summed E-state index contributed by atoms with van der Waals surface area (Å²) >= 11 is 0. The minimum absolute atomic E-state index is 0.0736. The minimum atomic E-state index is -0.961. The van der Waals surface area contributed by atoms with Crippen molar-refractivity contribution < 1.29 is 29.0 Å². The molecule has 3 N–H and O–H groups in total. The normalized spacial score (nSPS) is 15.2. The van der Waals surface area contributed by atoms with Crippen LogP contribution in [0, 0.1) is 0 Å². The summed E-state index contributed by atoms with van der Waals surface area (Å²) < 4.78 is 10.9. The SMILES string of the molecule is O=C(CCOCCNC(=O)CCN1C(=O)C=CC1O)NCCCCOc1ccccc1. The van der Waals surface area contributed by atoms with Crippen molar-refractivity contribution in [3.05, 3.63) is 42.5 Å². The number of nitrogens with one attached hydrogen (secondary N) is 2. The number of amides is 3. The van der Waals surface area contributed by atoms with E-state index < -0.39 is 6.23 Å². The summed E-state index contributed by atoms with van der Waals surface area (Å²) in [4.78, 5) is 36.2. The number of unbranched alkanes of at least 4 members (excludes halogenated alkanes) is 1. The van der Waals surface area contributed by atoms with Crippen molar-refractivity contribution in [1.29, 1.82) is 0 Å². The molecule has 0 saturated carbocycles. The summed E-state index contributed by atoms with van der Waals surface area (Å²) in [6, 6.07) is 9.61. The molecule has 3 amide bonds. The van der Waals surface area contributed by atoms with Gasteiger partial charge in [0.2, 0.25) is 17.7 Å². The molecule has 1 aromatic rings. The lowest BCUT2D eigenvalue weighted by Gasteiger charge is -2.19. The number of para-hydroxylation sites is 1. The van der Waals surface area contributed by atoms with Crippen LogP contribution in [-0.4, -0.2) is 73.4 Å². The van der Waals surface area contributed by atoms with Crippen LogP contribution in [0.2, 0.25) is 0 Å². The van der Waals surface area contributed by atoms with Crippen molar-refractivity contribution in [2.45, 2.75) is 31.9 Å². The van der Waals surface area contributed by atoms with E-state index in [0.717, 1.165) is 18.6 Å². The van der Waals surface area contributed by atoms with Crippen molar-refractivity contribution in [1.82, 2.24) is 15.5 Å². The molecule has 1 heterocycles. The van der Waals surface area contributed by atoms with E-state index in [-0.39, 0.29) is 43.7 Å². The third-order valence-corrected chi connectivity index (χ3v) is 4.54. The summed E-state index contributed by atoms with van der Waals surface area (Å²) in [5.74, 6) is 0.236. The van der Waals surface area contributed by atoms with Gasteiger partial charge in [-0.2, -0.15) is 0 Å². The van der Waals surface area contributed by atoms with Gasteiger partial charge in [0.25, 0.3) is 0 Å². The summed E-state index contributed by atoms with van der Waals surface area (Å²) in [6.07, 6.45) is 3.75. The Labute approximate surface area is 182 Å². The van der Waals surface area contributed by atoms with Crippen molar-refractivity contribution >= 4 is 17.7 Å². The van der Waals surface area contributed by atoms with Gasteiger partial charge in [-0.15, -0.1) is 0 Å². The Hall–Kier alpha value is -2.91. The van der Waals surface area contributed by atoms with E-state index in [0.29, 0.717) is 26.3 Å². The molecule has 0 aromatic heterocycles. The largest absolute Gasteiger partial charge is 0.494 e. The zero-order valence-corrected chi connectivity index (χ0v) is 17.6. The maximum Gasteiger partial charge on any atom is 0.248 e. The fourth-order valence-electron chi connectivity index (χ4n) is 2.83. The monoisotopic (exact) mass is 433 g/mol. The lowest BCUT2D eigenvalue weighted by Crippen LogP contribution is -2.37. The zero-order chi connectivity index (χ0) is 22.3. The first kappa shape index (κ1) is 24.4. The van der Waals surface area contributed by atoms with Gasteiger partial charge in [0, 0.05) is 38.6 Å². The van der Waals surface area contributed by atoms with E-state index in [1.807, 2.05) is 30.3 Å². The van der Waals surface area contributed by atoms with E-state index in [1.54, 1.807) is 0 Å². The zero-order valence-electron chi connectivity index (χ0n) is 17.6. The van der Waals surface area contributed by atoms with Crippen molar-refractivity contribution in [2.75, 3.05) is 39.5 Å². The molecule has 170 valence electrons. The molecule has 1 aliphatic heterocycles. The van der Waals surface area contributed by atoms with Gasteiger partial charge in [0.15, 0.2) is 0 Å². The molecule has 1 aliphatic rings. The van der Waals surface area contributed by atoms with Crippen LogP contribution >= 0.6 is 0 Å². The summed E-state index contributed by atoms with van der Waals surface area (Å²) in [7, 11) is 0. The number of ether oxygens (including phenoxy) is 2. The number of hydrogen-bond donors (Lipinski definition) is 3. The van der Waals surface area contributed by atoms with Crippen LogP contribution < -0.4 is 15.4 Å². The van der Waals surface area contributed by atoms with Crippen LogP contribution in [0.4, 0.5) is 0 Å². The Bertz CT molecular complexity index is 725. The number of hydrogen-bond acceptors (Lipinski definition) is 6. The number of aliphatic hydroxyl groups is 1. The van der Waals surface area contributed by atoms with Crippen LogP contribution in [-0.2, 0) is 19.1 Å². The van der Waals surface area contributed by atoms with E-state index in [9.17, 15) is 19.5 Å². The Morgan fingerprint density at radius 1 is 0.968 bits per heavy atom. The molecule has 31 heavy (non-hydrogen) atoms. The average molecular weight is 434 g/mol. The Morgan fingerprint density at radius 3 is 2.45 bits per heavy atom. The number of carbonyl (C=O) groups is 3. The summed E-state index contributed by atoms with van der Waals surface area (Å²) in [6.45, 7) is 2.24. The molecule has 1 unspecified atom stereocenters.